The molecule has 0 spiro atoms. The predicted octanol–water partition coefficient (Wildman–Crippen LogP) is 8.88. The van der Waals surface area contributed by atoms with Gasteiger partial charge in [0.05, 0.1) is 24.3 Å². The van der Waals surface area contributed by atoms with Crippen LogP contribution in [0.25, 0.3) is 11.1 Å². The molecule has 8 rings (SSSR count). The normalized spacial score (nSPS) is 21.1. The third-order valence-electron chi connectivity index (χ3n) is 10.5. The molecule has 11 nitrogen and oxygen atoms in total. The number of carbonyl (C=O) groups is 3. The topological polar surface area (TPSA) is 134 Å². The van der Waals surface area contributed by atoms with Crippen molar-refractivity contribution in [2.24, 2.45) is 0 Å². The highest BCUT2D eigenvalue weighted by Gasteiger charge is 2.57. The SMILES string of the molecule is N=C(O[C@@H]1O[C@H](COC(=O)OCC2c3ccccc3-c3ccccc32)[C@@H](OCc2ccccc2)[C@H](OCc2ccccc2)[C@H]1N1C(=O)c2ccccc2C1=O)C(Cl)(Cl)Cl. The van der Waals surface area contributed by atoms with E-state index in [2.05, 4.69) is 0 Å². The maximum atomic E-state index is 14.2. The maximum Gasteiger partial charge on any atom is 0.508 e. The molecule has 2 heterocycles. The zero-order chi connectivity index (χ0) is 41.1. The van der Waals surface area contributed by atoms with Crippen LogP contribution in [-0.2, 0) is 41.6 Å². The number of benzene rings is 5. The van der Waals surface area contributed by atoms with Gasteiger partial charge in [-0.15, -0.1) is 0 Å². The molecule has 302 valence electrons. The quantitative estimate of drug-likeness (QED) is 0.0430. The Hall–Kier alpha value is -5.27. The summed E-state index contributed by atoms with van der Waals surface area (Å²) in [6, 6.07) is 39.4. The lowest BCUT2D eigenvalue weighted by Crippen LogP contribution is -2.67. The number of hydrogen-bond acceptors (Lipinski definition) is 10. The number of amides is 2. The number of fused-ring (bicyclic) bond motifs is 4. The highest BCUT2D eigenvalue weighted by Crippen LogP contribution is 2.45. The van der Waals surface area contributed by atoms with Crippen molar-refractivity contribution in [1.29, 1.82) is 5.41 Å². The van der Waals surface area contributed by atoms with Gasteiger partial charge in [-0.2, -0.15) is 0 Å². The van der Waals surface area contributed by atoms with Gasteiger partial charge in [0, 0.05) is 5.92 Å². The number of halogens is 3. The fourth-order valence-corrected chi connectivity index (χ4v) is 7.90. The Balaban J connectivity index is 1.11. The number of hydrogen-bond donors (Lipinski definition) is 1. The highest BCUT2D eigenvalue weighted by atomic mass is 35.6. The summed E-state index contributed by atoms with van der Waals surface area (Å²) in [6.07, 6.45) is -6.20. The number of alkyl halides is 3. The minimum Gasteiger partial charge on any atom is -0.446 e. The molecule has 3 aliphatic rings. The highest BCUT2D eigenvalue weighted by molar-refractivity contribution is 6.76. The van der Waals surface area contributed by atoms with Crippen LogP contribution in [0.5, 0.6) is 0 Å². The summed E-state index contributed by atoms with van der Waals surface area (Å²) in [6.45, 7) is -0.434. The van der Waals surface area contributed by atoms with Crippen molar-refractivity contribution in [3.8, 4) is 11.1 Å². The lowest BCUT2D eigenvalue weighted by Gasteiger charge is -2.48. The van der Waals surface area contributed by atoms with Gasteiger partial charge in [-0.1, -0.05) is 156 Å². The largest absolute Gasteiger partial charge is 0.508 e. The van der Waals surface area contributed by atoms with Gasteiger partial charge in [0.1, 0.15) is 37.6 Å². The molecule has 5 atom stereocenters. The second-order valence-corrected chi connectivity index (χ2v) is 16.4. The molecule has 2 aliphatic heterocycles. The Morgan fingerprint density at radius 2 is 1.08 bits per heavy atom. The summed E-state index contributed by atoms with van der Waals surface area (Å²) in [4.78, 5) is 42.7. The molecule has 1 fully saturated rings. The Bertz CT molecular complexity index is 2260. The van der Waals surface area contributed by atoms with Crippen LogP contribution in [0.15, 0.2) is 133 Å². The van der Waals surface area contributed by atoms with Gasteiger partial charge in [0.15, 0.2) is 0 Å². The minimum absolute atomic E-state index is 0.00307. The van der Waals surface area contributed by atoms with Gasteiger partial charge in [-0.3, -0.25) is 19.9 Å². The molecule has 2 amide bonds. The molecule has 59 heavy (non-hydrogen) atoms. The standard InChI is InChI=1S/C45H37Cl3N2O9/c46-45(47,48)43(49)59-42-37(50-40(51)33-21-11-12-22-34(33)41(50)52)39(55-24-28-15-5-2-6-16-28)38(54-23-27-13-3-1-4-14-27)36(58-42)26-57-44(53)56-25-35-31-19-9-7-17-29(31)30-18-8-10-20-32(30)35/h1-22,35-39,42,49H,23-26H2/t36-,37-,38-,39-,42+/m1/s1. The zero-order valence-electron chi connectivity index (χ0n) is 31.2. The third kappa shape index (κ3) is 8.58. The summed E-state index contributed by atoms with van der Waals surface area (Å²) in [5.74, 6) is -2.38. The maximum absolute atomic E-state index is 14.2. The smallest absolute Gasteiger partial charge is 0.446 e. The number of nitrogens with one attached hydrogen (secondary N) is 1. The van der Waals surface area contributed by atoms with Crippen LogP contribution in [0.4, 0.5) is 4.79 Å². The number of ether oxygens (including phenoxy) is 6. The van der Waals surface area contributed by atoms with Crippen molar-refractivity contribution < 1.29 is 42.8 Å². The fourth-order valence-electron chi connectivity index (χ4n) is 7.76. The Morgan fingerprint density at radius 1 is 0.627 bits per heavy atom. The van der Waals surface area contributed by atoms with Gasteiger partial charge in [0.2, 0.25) is 12.2 Å². The van der Waals surface area contributed by atoms with Gasteiger partial charge in [-0.25, -0.2) is 4.79 Å². The van der Waals surface area contributed by atoms with E-state index in [-0.39, 0.29) is 36.9 Å². The van der Waals surface area contributed by atoms with E-state index in [1.807, 2.05) is 109 Å². The summed E-state index contributed by atoms with van der Waals surface area (Å²) < 4.78 is 34.7. The van der Waals surface area contributed by atoms with Crippen molar-refractivity contribution in [3.05, 3.63) is 167 Å². The second-order valence-electron chi connectivity index (χ2n) is 14.1. The average Bonchev–Trinajstić information content (AvgIpc) is 3.70. The fraction of sp³-hybridized carbons (Fsp3) is 0.244. The van der Waals surface area contributed by atoms with Crippen molar-refractivity contribution >= 4 is 58.7 Å². The summed E-state index contributed by atoms with van der Waals surface area (Å²) in [7, 11) is 0. The van der Waals surface area contributed by atoms with E-state index in [0.717, 1.165) is 38.3 Å². The van der Waals surface area contributed by atoms with Crippen LogP contribution >= 0.6 is 34.8 Å². The molecule has 5 aromatic rings. The van der Waals surface area contributed by atoms with Crippen LogP contribution in [0.1, 0.15) is 48.9 Å². The first kappa shape index (κ1) is 40.5. The van der Waals surface area contributed by atoms with Gasteiger partial charge < -0.3 is 28.4 Å². The van der Waals surface area contributed by atoms with Crippen LogP contribution in [0.3, 0.4) is 0 Å². The van der Waals surface area contributed by atoms with Crippen molar-refractivity contribution in [2.75, 3.05) is 13.2 Å². The van der Waals surface area contributed by atoms with Crippen LogP contribution < -0.4 is 0 Å². The number of imide groups is 1. The van der Waals surface area contributed by atoms with Gasteiger partial charge in [0.25, 0.3) is 15.6 Å². The van der Waals surface area contributed by atoms with E-state index < -0.39 is 64.9 Å². The Kier molecular flexibility index (Phi) is 12.0. The van der Waals surface area contributed by atoms with E-state index in [1.54, 1.807) is 12.1 Å². The predicted molar refractivity (Wildman–Crippen MR) is 220 cm³/mol. The molecule has 1 N–H and O–H groups in total. The van der Waals surface area contributed by atoms with Gasteiger partial charge >= 0.3 is 6.16 Å². The molecule has 0 radical (unpaired) electrons. The molecular formula is C45H37Cl3N2O9. The van der Waals surface area contributed by atoms with E-state index in [4.69, 9.17) is 68.6 Å². The monoisotopic (exact) mass is 854 g/mol. The van der Waals surface area contributed by atoms with Crippen molar-refractivity contribution in [3.63, 3.8) is 0 Å². The minimum atomic E-state index is -2.36. The molecule has 1 saturated heterocycles. The second kappa shape index (κ2) is 17.5. The number of rotatable bonds is 12. The first-order chi connectivity index (χ1) is 28.6. The van der Waals surface area contributed by atoms with Crippen molar-refractivity contribution in [1.82, 2.24) is 4.90 Å². The van der Waals surface area contributed by atoms with Gasteiger partial charge in [-0.05, 0) is 45.5 Å². The van der Waals surface area contributed by atoms with E-state index in [9.17, 15) is 14.4 Å². The molecule has 0 unspecified atom stereocenters. The molecule has 1 aliphatic carbocycles. The van der Waals surface area contributed by atoms with Crippen LogP contribution in [0.2, 0.25) is 0 Å². The first-order valence-electron chi connectivity index (χ1n) is 18.8. The summed E-state index contributed by atoms with van der Waals surface area (Å²) in [5, 5.41) is 8.52. The average molecular weight is 856 g/mol. The Labute approximate surface area is 355 Å². The zero-order valence-corrected chi connectivity index (χ0v) is 33.5. The Morgan fingerprint density at radius 3 is 1.61 bits per heavy atom. The molecule has 0 saturated carbocycles. The molecule has 0 aromatic heterocycles. The van der Waals surface area contributed by atoms with E-state index in [1.165, 1.54) is 12.1 Å². The molecule has 14 heteroatoms. The number of carbonyl (C=O) groups excluding carboxylic acids is 3. The van der Waals surface area contributed by atoms with Crippen LogP contribution in [0, 0.1) is 5.41 Å². The summed E-state index contributed by atoms with van der Waals surface area (Å²) in [5.41, 5.74) is 6.05. The lowest BCUT2D eigenvalue weighted by molar-refractivity contribution is -0.280. The number of nitrogens with zero attached hydrogens (tertiary/aromatic N) is 1. The van der Waals surface area contributed by atoms with Crippen LogP contribution in [-0.4, -0.2) is 76.4 Å². The van der Waals surface area contributed by atoms with E-state index in [0.29, 0.717) is 0 Å². The molecule has 0 bridgehead atoms. The molecular weight excluding hydrogens is 819 g/mol. The first-order valence-corrected chi connectivity index (χ1v) is 20.0. The molecule has 5 aromatic carbocycles. The lowest BCUT2D eigenvalue weighted by atomic mass is 9.94. The van der Waals surface area contributed by atoms with Crippen molar-refractivity contribution in [2.45, 2.75) is 53.6 Å². The van der Waals surface area contributed by atoms with E-state index >= 15 is 0 Å². The summed E-state index contributed by atoms with van der Waals surface area (Å²) >= 11 is 18.3. The third-order valence-corrected chi connectivity index (χ3v) is 11.0.